The summed E-state index contributed by atoms with van der Waals surface area (Å²) >= 11 is 0. The molecule has 4 rings (SSSR count). The van der Waals surface area contributed by atoms with E-state index in [1.165, 1.54) is 5.56 Å². The SMILES string of the molecule is Cc1cc(-c2ncnn3cc(OC4CCOCC4)cc23)ccc1CN. The molecule has 1 saturated heterocycles. The van der Waals surface area contributed by atoms with Crippen molar-refractivity contribution in [1.82, 2.24) is 14.6 Å². The first-order valence-corrected chi connectivity index (χ1v) is 8.62. The molecule has 3 heterocycles. The van der Waals surface area contributed by atoms with Crippen LogP contribution in [-0.2, 0) is 11.3 Å². The Hall–Kier alpha value is -2.44. The quantitative estimate of drug-likeness (QED) is 0.792. The molecule has 0 amide bonds. The fourth-order valence-corrected chi connectivity index (χ4v) is 3.25. The summed E-state index contributed by atoms with van der Waals surface area (Å²) in [4.78, 5) is 4.50. The highest BCUT2D eigenvalue weighted by atomic mass is 16.5. The Kier molecular flexibility index (Phi) is 4.38. The maximum Gasteiger partial charge on any atom is 0.140 e. The van der Waals surface area contributed by atoms with E-state index < -0.39 is 0 Å². The van der Waals surface area contributed by atoms with Gasteiger partial charge in [-0.2, -0.15) is 5.10 Å². The third-order valence-electron chi connectivity index (χ3n) is 4.69. The lowest BCUT2D eigenvalue weighted by Crippen LogP contribution is -2.25. The average Bonchev–Trinajstić information content (AvgIpc) is 3.04. The minimum absolute atomic E-state index is 0.202. The molecule has 0 radical (unpaired) electrons. The number of hydrogen-bond donors (Lipinski definition) is 1. The van der Waals surface area contributed by atoms with Crippen LogP contribution in [0.1, 0.15) is 24.0 Å². The van der Waals surface area contributed by atoms with Crippen molar-refractivity contribution in [1.29, 1.82) is 0 Å². The van der Waals surface area contributed by atoms with E-state index in [1.54, 1.807) is 6.33 Å². The van der Waals surface area contributed by atoms with Gasteiger partial charge in [0.25, 0.3) is 0 Å². The third kappa shape index (κ3) is 3.23. The van der Waals surface area contributed by atoms with Crippen LogP contribution < -0.4 is 10.5 Å². The normalized spacial score (nSPS) is 15.6. The standard InChI is InChI=1S/C19H22N4O2/c1-13-8-14(2-3-15(13)10-20)19-18-9-17(11-23(18)22-12-21-19)25-16-4-6-24-7-5-16/h2-3,8-9,11-12,16H,4-7,10,20H2,1H3. The van der Waals surface area contributed by atoms with Gasteiger partial charge >= 0.3 is 0 Å². The molecule has 6 heteroatoms. The van der Waals surface area contributed by atoms with E-state index >= 15 is 0 Å². The van der Waals surface area contributed by atoms with Crippen molar-refractivity contribution in [3.8, 4) is 17.0 Å². The highest BCUT2D eigenvalue weighted by Crippen LogP contribution is 2.28. The molecule has 1 aliphatic heterocycles. The van der Waals surface area contributed by atoms with Crippen molar-refractivity contribution in [3.63, 3.8) is 0 Å². The van der Waals surface area contributed by atoms with Gasteiger partial charge < -0.3 is 15.2 Å². The number of aromatic nitrogens is 3. The predicted octanol–water partition coefficient (Wildman–Crippen LogP) is 2.72. The fourth-order valence-electron chi connectivity index (χ4n) is 3.25. The summed E-state index contributed by atoms with van der Waals surface area (Å²) in [6.07, 6.45) is 5.53. The summed E-state index contributed by atoms with van der Waals surface area (Å²) in [5, 5.41) is 4.32. The van der Waals surface area contributed by atoms with Gasteiger partial charge in [0, 0.05) is 31.0 Å². The molecule has 25 heavy (non-hydrogen) atoms. The molecular weight excluding hydrogens is 316 g/mol. The second-order valence-electron chi connectivity index (χ2n) is 6.39. The summed E-state index contributed by atoms with van der Waals surface area (Å²) in [5.41, 5.74) is 11.0. The lowest BCUT2D eigenvalue weighted by molar-refractivity contribution is 0.0256. The van der Waals surface area contributed by atoms with E-state index in [0.29, 0.717) is 6.54 Å². The number of aryl methyl sites for hydroxylation is 1. The lowest BCUT2D eigenvalue weighted by atomic mass is 10.0. The van der Waals surface area contributed by atoms with Crippen LogP contribution in [0, 0.1) is 6.92 Å². The zero-order valence-electron chi connectivity index (χ0n) is 14.3. The zero-order chi connectivity index (χ0) is 17.2. The zero-order valence-corrected chi connectivity index (χ0v) is 14.3. The Labute approximate surface area is 146 Å². The van der Waals surface area contributed by atoms with E-state index in [4.69, 9.17) is 15.2 Å². The number of hydrogen-bond acceptors (Lipinski definition) is 5. The molecule has 1 fully saturated rings. The van der Waals surface area contributed by atoms with Crippen LogP contribution in [-0.4, -0.2) is 33.9 Å². The molecule has 2 N–H and O–H groups in total. The van der Waals surface area contributed by atoms with Gasteiger partial charge in [-0.15, -0.1) is 0 Å². The highest BCUT2D eigenvalue weighted by molar-refractivity contribution is 5.78. The van der Waals surface area contributed by atoms with Crippen molar-refractivity contribution >= 4 is 5.52 Å². The van der Waals surface area contributed by atoms with Crippen molar-refractivity contribution < 1.29 is 9.47 Å². The van der Waals surface area contributed by atoms with E-state index in [0.717, 1.165) is 54.1 Å². The van der Waals surface area contributed by atoms with Gasteiger partial charge in [0.1, 0.15) is 18.2 Å². The number of benzene rings is 1. The molecule has 0 aliphatic carbocycles. The predicted molar refractivity (Wildman–Crippen MR) is 95.5 cm³/mol. The molecule has 130 valence electrons. The van der Waals surface area contributed by atoms with Crippen LogP contribution in [0.3, 0.4) is 0 Å². The molecule has 0 unspecified atom stereocenters. The van der Waals surface area contributed by atoms with Gasteiger partial charge in [0.15, 0.2) is 0 Å². The van der Waals surface area contributed by atoms with E-state index in [1.807, 2.05) is 16.8 Å². The Balaban J connectivity index is 1.68. The minimum Gasteiger partial charge on any atom is -0.489 e. The Morgan fingerprint density at radius 3 is 2.88 bits per heavy atom. The second-order valence-corrected chi connectivity index (χ2v) is 6.39. The highest BCUT2D eigenvalue weighted by Gasteiger charge is 2.17. The molecule has 0 saturated carbocycles. The molecule has 2 aromatic heterocycles. The van der Waals surface area contributed by atoms with Gasteiger partial charge in [-0.25, -0.2) is 9.50 Å². The molecule has 0 spiro atoms. The van der Waals surface area contributed by atoms with Gasteiger partial charge in [0.05, 0.1) is 30.6 Å². The molecule has 1 aliphatic rings. The number of nitrogens with two attached hydrogens (primary N) is 1. The summed E-state index contributed by atoms with van der Waals surface area (Å²) in [7, 11) is 0. The van der Waals surface area contributed by atoms with Crippen LogP contribution >= 0.6 is 0 Å². The molecule has 0 bridgehead atoms. The topological polar surface area (TPSA) is 74.7 Å². The molecule has 1 aromatic carbocycles. The van der Waals surface area contributed by atoms with E-state index in [2.05, 4.69) is 35.2 Å². The smallest absolute Gasteiger partial charge is 0.140 e. The third-order valence-corrected chi connectivity index (χ3v) is 4.69. The molecule has 0 atom stereocenters. The summed E-state index contributed by atoms with van der Waals surface area (Å²) in [6.45, 7) is 4.13. The first kappa shape index (κ1) is 16.1. The monoisotopic (exact) mass is 338 g/mol. The minimum atomic E-state index is 0.202. The number of ether oxygens (including phenoxy) is 2. The Bertz CT molecular complexity index is 884. The summed E-state index contributed by atoms with van der Waals surface area (Å²) in [5.74, 6) is 0.823. The molecule has 6 nitrogen and oxygen atoms in total. The maximum atomic E-state index is 6.11. The first-order chi connectivity index (χ1) is 12.2. The molecule has 3 aromatic rings. The van der Waals surface area contributed by atoms with Crippen LogP contribution in [0.15, 0.2) is 36.8 Å². The lowest BCUT2D eigenvalue weighted by Gasteiger charge is -2.22. The van der Waals surface area contributed by atoms with Crippen LogP contribution in [0.4, 0.5) is 0 Å². The van der Waals surface area contributed by atoms with Crippen molar-refractivity contribution in [2.75, 3.05) is 13.2 Å². The van der Waals surface area contributed by atoms with Crippen LogP contribution in [0.5, 0.6) is 5.75 Å². The maximum absolute atomic E-state index is 6.11. The van der Waals surface area contributed by atoms with Crippen molar-refractivity contribution in [3.05, 3.63) is 47.9 Å². The van der Waals surface area contributed by atoms with Crippen molar-refractivity contribution in [2.24, 2.45) is 5.73 Å². The summed E-state index contributed by atoms with van der Waals surface area (Å²) < 4.78 is 13.3. The van der Waals surface area contributed by atoms with E-state index in [9.17, 15) is 0 Å². The molecular formula is C19H22N4O2. The average molecular weight is 338 g/mol. The number of nitrogens with zero attached hydrogens (tertiary/aromatic N) is 3. The van der Waals surface area contributed by atoms with Gasteiger partial charge in [0.2, 0.25) is 0 Å². The Morgan fingerprint density at radius 2 is 2.12 bits per heavy atom. The van der Waals surface area contributed by atoms with E-state index in [-0.39, 0.29) is 6.10 Å². The number of fused-ring (bicyclic) bond motifs is 1. The van der Waals surface area contributed by atoms with Gasteiger partial charge in [-0.1, -0.05) is 12.1 Å². The van der Waals surface area contributed by atoms with Gasteiger partial charge in [-0.3, -0.25) is 0 Å². The van der Waals surface area contributed by atoms with Gasteiger partial charge in [-0.05, 0) is 24.1 Å². The largest absolute Gasteiger partial charge is 0.489 e. The van der Waals surface area contributed by atoms with Crippen LogP contribution in [0.2, 0.25) is 0 Å². The second kappa shape index (κ2) is 6.82. The fraction of sp³-hybridized carbons (Fsp3) is 0.368. The number of rotatable bonds is 4. The van der Waals surface area contributed by atoms with Crippen molar-refractivity contribution in [2.45, 2.75) is 32.4 Å². The summed E-state index contributed by atoms with van der Waals surface area (Å²) in [6, 6.07) is 8.25. The van der Waals surface area contributed by atoms with Crippen LogP contribution in [0.25, 0.3) is 16.8 Å². The first-order valence-electron chi connectivity index (χ1n) is 8.62. The Morgan fingerprint density at radius 1 is 1.28 bits per heavy atom.